The van der Waals surface area contributed by atoms with E-state index in [1.54, 1.807) is 29.2 Å². The third kappa shape index (κ3) is 7.01. The van der Waals surface area contributed by atoms with Gasteiger partial charge >= 0.3 is 0 Å². The van der Waals surface area contributed by atoms with Crippen LogP contribution < -0.4 is 20.9 Å². The molecule has 42 heavy (non-hydrogen) atoms. The van der Waals surface area contributed by atoms with Crippen molar-refractivity contribution in [1.29, 1.82) is 0 Å². The van der Waals surface area contributed by atoms with Crippen molar-refractivity contribution in [2.75, 3.05) is 37.6 Å². The number of fused-ring (bicyclic) bond motifs is 1. The van der Waals surface area contributed by atoms with Crippen LogP contribution in [0.3, 0.4) is 0 Å². The van der Waals surface area contributed by atoms with Gasteiger partial charge in [0.25, 0.3) is 5.91 Å². The number of carbonyl (C=O) groups is 3. The average molecular weight is 586 g/mol. The van der Waals surface area contributed by atoms with E-state index in [4.69, 9.17) is 11.6 Å². The van der Waals surface area contributed by atoms with Crippen LogP contribution in [-0.4, -0.2) is 67.4 Å². The molecule has 0 saturated carbocycles. The third-order valence-corrected chi connectivity index (χ3v) is 8.11. The second-order valence-corrected chi connectivity index (χ2v) is 11.1. The molecule has 2 aliphatic heterocycles. The van der Waals surface area contributed by atoms with E-state index in [0.717, 1.165) is 16.8 Å². The summed E-state index contributed by atoms with van der Waals surface area (Å²) in [6.45, 7) is 6.75. The van der Waals surface area contributed by atoms with E-state index in [1.807, 2.05) is 48.5 Å². The molecular weight excluding hydrogens is 550 g/mol. The largest absolute Gasteiger partial charge is 0.367 e. The van der Waals surface area contributed by atoms with E-state index in [1.165, 1.54) is 5.56 Å². The zero-order valence-corrected chi connectivity index (χ0v) is 24.3. The van der Waals surface area contributed by atoms with Crippen LogP contribution in [0.25, 0.3) is 0 Å². The Labute approximate surface area is 251 Å². The second kappa shape index (κ2) is 13.7. The van der Waals surface area contributed by atoms with E-state index < -0.39 is 12.1 Å². The van der Waals surface area contributed by atoms with Gasteiger partial charge in [0.15, 0.2) is 0 Å². The number of nitrogens with zero attached hydrogens (tertiary/aromatic N) is 2. The molecule has 218 valence electrons. The Balaban J connectivity index is 1.27. The molecule has 0 aromatic heterocycles. The molecule has 0 bridgehead atoms. The average Bonchev–Trinajstić information content (AvgIpc) is 3.03. The van der Waals surface area contributed by atoms with Gasteiger partial charge in [-0.25, -0.2) is 0 Å². The molecule has 1 saturated heterocycles. The summed E-state index contributed by atoms with van der Waals surface area (Å²) in [4.78, 5) is 44.0. The monoisotopic (exact) mass is 585 g/mol. The van der Waals surface area contributed by atoms with Gasteiger partial charge in [-0.2, -0.15) is 0 Å². The van der Waals surface area contributed by atoms with Crippen LogP contribution in [0.4, 0.5) is 5.69 Å². The number of hydrogen-bond donors (Lipinski definition) is 3. The van der Waals surface area contributed by atoms with Crippen molar-refractivity contribution >= 4 is 35.0 Å². The number of benzene rings is 3. The topological polar surface area (TPSA) is 93.8 Å². The Kier molecular flexibility index (Phi) is 9.56. The molecule has 2 aliphatic rings. The van der Waals surface area contributed by atoms with E-state index in [9.17, 15) is 14.4 Å². The molecule has 0 radical (unpaired) electrons. The zero-order chi connectivity index (χ0) is 29.5. The van der Waals surface area contributed by atoms with Crippen molar-refractivity contribution in [2.24, 2.45) is 0 Å². The number of carbonyl (C=O) groups excluding carboxylic acids is 3. The maximum Gasteiger partial charge on any atom is 0.253 e. The summed E-state index contributed by atoms with van der Waals surface area (Å²) in [6, 6.07) is 21.8. The fourth-order valence-electron chi connectivity index (χ4n) is 5.56. The summed E-state index contributed by atoms with van der Waals surface area (Å²) in [7, 11) is 0. The normalized spacial score (nSPS) is 17.1. The van der Waals surface area contributed by atoms with Crippen molar-refractivity contribution < 1.29 is 14.4 Å². The summed E-state index contributed by atoms with van der Waals surface area (Å²) in [5.41, 5.74) is 4.67. The van der Waals surface area contributed by atoms with Gasteiger partial charge in [0.1, 0.15) is 6.04 Å². The van der Waals surface area contributed by atoms with Crippen LogP contribution in [0.15, 0.2) is 85.5 Å². The molecule has 0 spiro atoms. The molecule has 0 unspecified atom stereocenters. The van der Waals surface area contributed by atoms with E-state index >= 15 is 0 Å². The lowest BCUT2D eigenvalue weighted by Gasteiger charge is -2.38. The molecule has 3 N–H and O–H groups in total. The molecule has 3 amide bonds. The lowest BCUT2D eigenvalue weighted by Crippen LogP contribution is -2.58. The number of amides is 3. The molecule has 3 aromatic carbocycles. The van der Waals surface area contributed by atoms with Crippen LogP contribution >= 0.6 is 11.6 Å². The zero-order valence-electron chi connectivity index (χ0n) is 23.5. The lowest BCUT2D eigenvalue weighted by molar-refractivity contribution is -0.137. The highest BCUT2D eigenvalue weighted by atomic mass is 35.5. The summed E-state index contributed by atoms with van der Waals surface area (Å²) in [5.74, 6) is -0.463. The highest BCUT2D eigenvalue weighted by Gasteiger charge is 2.32. The van der Waals surface area contributed by atoms with Crippen LogP contribution in [-0.2, 0) is 29.0 Å². The first-order valence-corrected chi connectivity index (χ1v) is 14.7. The molecule has 1 fully saturated rings. The first kappa shape index (κ1) is 29.4. The molecule has 9 heteroatoms. The van der Waals surface area contributed by atoms with Crippen LogP contribution in [0.1, 0.15) is 27.0 Å². The molecule has 2 heterocycles. The van der Waals surface area contributed by atoms with Gasteiger partial charge in [0.05, 0.1) is 11.6 Å². The van der Waals surface area contributed by atoms with Crippen molar-refractivity contribution in [2.45, 2.75) is 31.5 Å². The molecule has 5 rings (SSSR count). The molecule has 2 atom stereocenters. The van der Waals surface area contributed by atoms with Gasteiger partial charge in [0, 0.05) is 56.4 Å². The van der Waals surface area contributed by atoms with Gasteiger partial charge in [-0.15, -0.1) is 6.58 Å². The van der Waals surface area contributed by atoms with Gasteiger partial charge in [-0.1, -0.05) is 66.2 Å². The molecule has 0 aliphatic carbocycles. The number of halogens is 1. The number of rotatable bonds is 9. The predicted octanol–water partition coefficient (Wildman–Crippen LogP) is 3.35. The van der Waals surface area contributed by atoms with Crippen molar-refractivity contribution in [3.63, 3.8) is 0 Å². The first-order valence-electron chi connectivity index (χ1n) is 14.3. The van der Waals surface area contributed by atoms with Crippen LogP contribution in [0.2, 0.25) is 5.02 Å². The minimum absolute atomic E-state index is 0.119. The highest BCUT2D eigenvalue weighted by Crippen LogP contribution is 2.23. The fraction of sp³-hybridized carbons (Fsp3) is 0.303. The first-order chi connectivity index (χ1) is 20.4. The second-order valence-electron chi connectivity index (χ2n) is 10.6. The van der Waals surface area contributed by atoms with Crippen molar-refractivity contribution in [1.82, 2.24) is 20.9 Å². The number of nitrogens with one attached hydrogen (secondary N) is 3. The maximum absolute atomic E-state index is 13.9. The van der Waals surface area contributed by atoms with Gasteiger partial charge < -0.3 is 25.8 Å². The summed E-state index contributed by atoms with van der Waals surface area (Å²) < 4.78 is 0. The maximum atomic E-state index is 13.9. The minimum Gasteiger partial charge on any atom is -0.367 e. The Morgan fingerprint density at radius 1 is 0.952 bits per heavy atom. The van der Waals surface area contributed by atoms with Crippen LogP contribution in [0.5, 0.6) is 0 Å². The fourth-order valence-corrected chi connectivity index (χ4v) is 5.68. The standard InChI is InChI=1S/C33H36ClN5O3/c1-2-15-35-31(40)27-9-5-6-10-30(27)38-16-18-39(19-17-38)33(42)29(20-23-11-13-26(34)14-12-23)37-32(41)28-21-24-7-3-4-8-25(24)22-36-28/h2-14,28-29,36H,1,15-22H2,(H,35,40)(H,37,41)/t28-,29+/m0/s1. The Morgan fingerprint density at radius 3 is 2.38 bits per heavy atom. The number of piperazine rings is 1. The number of para-hydroxylation sites is 1. The van der Waals surface area contributed by atoms with Gasteiger partial charge in [-0.3, -0.25) is 14.4 Å². The minimum atomic E-state index is -0.721. The predicted molar refractivity (Wildman–Crippen MR) is 166 cm³/mol. The molecule has 3 aromatic rings. The quantitative estimate of drug-likeness (QED) is 0.335. The summed E-state index contributed by atoms with van der Waals surface area (Å²) in [5, 5.41) is 9.85. The smallest absolute Gasteiger partial charge is 0.253 e. The number of hydrogen-bond acceptors (Lipinski definition) is 5. The van der Waals surface area contributed by atoms with Gasteiger partial charge in [-0.05, 0) is 47.4 Å². The van der Waals surface area contributed by atoms with E-state index in [0.29, 0.717) is 62.7 Å². The Hall–Kier alpha value is -4.14. The SMILES string of the molecule is C=CCNC(=O)c1ccccc1N1CCN(C(=O)[C@@H](Cc2ccc(Cl)cc2)NC(=O)[C@@H]2Cc3ccccc3CN2)CC1. The van der Waals surface area contributed by atoms with Crippen molar-refractivity contribution in [3.8, 4) is 0 Å². The van der Waals surface area contributed by atoms with E-state index in [-0.39, 0.29) is 17.7 Å². The van der Waals surface area contributed by atoms with Crippen molar-refractivity contribution in [3.05, 3.63) is 113 Å². The number of anilines is 1. The highest BCUT2D eigenvalue weighted by molar-refractivity contribution is 6.30. The third-order valence-electron chi connectivity index (χ3n) is 7.85. The summed E-state index contributed by atoms with van der Waals surface area (Å²) in [6.07, 6.45) is 2.58. The molecule has 8 nitrogen and oxygen atoms in total. The Bertz CT molecular complexity index is 1440. The Morgan fingerprint density at radius 2 is 1.64 bits per heavy atom. The summed E-state index contributed by atoms with van der Waals surface area (Å²) >= 11 is 6.09. The van der Waals surface area contributed by atoms with Crippen LogP contribution in [0, 0.1) is 0 Å². The molecular formula is C33H36ClN5O3. The lowest BCUT2D eigenvalue weighted by atomic mass is 9.95. The van der Waals surface area contributed by atoms with Gasteiger partial charge in [0.2, 0.25) is 11.8 Å². The van der Waals surface area contributed by atoms with E-state index in [2.05, 4.69) is 33.5 Å².